The molecule has 2 amide bonds. The van der Waals surface area contributed by atoms with E-state index in [1.54, 1.807) is 25.3 Å². The highest BCUT2D eigenvalue weighted by Crippen LogP contribution is 2.47. The SMILES string of the molecule is COCCCNC(=O)C1(C(=O)Nc2ccc(Cl)cc2C)CC1. The number of benzene rings is 1. The van der Waals surface area contributed by atoms with E-state index in [2.05, 4.69) is 10.6 Å². The number of carbonyl (C=O) groups is 2. The summed E-state index contributed by atoms with van der Waals surface area (Å²) in [5.74, 6) is -0.449. The second-order valence-corrected chi connectivity index (χ2v) is 6.03. The van der Waals surface area contributed by atoms with Crippen LogP contribution in [-0.4, -0.2) is 32.1 Å². The molecule has 0 spiro atoms. The van der Waals surface area contributed by atoms with Gasteiger partial charge in [0.15, 0.2) is 0 Å². The molecule has 1 saturated carbocycles. The summed E-state index contributed by atoms with van der Waals surface area (Å²) in [4.78, 5) is 24.7. The van der Waals surface area contributed by atoms with Crippen LogP contribution >= 0.6 is 11.6 Å². The van der Waals surface area contributed by atoms with Gasteiger partial charge >= 0.3 is 0 Å². The van der Waals surface area contributed by atoms with Crippen LogP contribution in [0.4, 0.5) is 5.69 Å². The molecule has 1 aliphatic carbocycles. The Balaban J connectivity index is 1.95. The highest BCUT2D eigenvalue weighted by molar-refractivity contribution is 6.30. The average molecular weight is 325 g/mol. The van der Waals surface area contributed by atoms with Crippen molar-refractivity contribution in [2.45, 2.75) is 26.2 Å². The van der Waals surface area contributed by atoms with Crippen molar-refractivity contribution in [2.24, 2.45) is 5.41 Å². The van der Waals surface area contributed by atoms with Gasteiger partial charge in [-0.1, -0.05) is 11.6 Å². The van der Waals surface area contributed by atoms with Gasteiger partial charge in [0.1, 0.15) is 5.41 Å². The molecule has 0 saturated heterocycles. The first kappa shape index (κ1) is 16.8. The molecule has 1 aliphatic rings. The molecular weight excluding hydrogens is 304 g/mol. The van der Waals surface area contributed by atoms with E-state index in [0.29, 0.717) is 36.7 Å². The van der Waals surface area contributed by atoms with Gasteiger partial charge in [-0.25, -0.2) is 0 Å². The lowest BCUT2D eigenvalue weighted by molar-refractivity contribution is -0.134. The van der Waals surface area contributed by atoms with Gasteiger partial charge in [0.2, 0.25) is 11.8 Å². The van der Waals surface area contributed by atoms with Crippen LogP contribution in [0, 0.1) is 12.3 Å². The third-order valence-electron chi connectivity index (χ3n) is 3.87. The van der Waals surface area contributed by atoms with Gasteiger partial charge < -0.3 is 15.4 Å². The third kappa shape index (κ3) is 3.78. The lowest BCUT2D eigenvalue weighted by Gasteiger charge is -2.16. The van der Waals surface area contributed by atoms with Crippen LogP contribution in [0.2, 0.25) is 5.02 Å². The Hall–Kier alpha value is -1.59. The standard InChI is InChI=1S/C16H21ClN2O3/c1-11-10-12(17)4-5-13(11)19-15(21)16(6-7-16)14(20)18-8-3-9-22-2/h4-5,10H,3,6-9H2,1-2H3,(H,18,20)(H,19,21). The predicted octanol–water partition coefficient (Wildman–Crippen LogP) is 2.52. The predicted molar refractivity (Wildman–Crippen MR) is 86.0 cm³/mol. The van der Waals surface area contributed by atoms with E-state index < -0.39 is 5.41 Å². The van der Waals surface area contributed by atoms with Crippen molar-refractivity contribution in [3.63, 3.8) is 0 Å². The van der Waals surface area contributed by atoms with Crippen molar-refractivity contribution < 1.29 is 14.3 Å². The van der Waals surface area contributed by atoms with Gasteiger partial charge in [-0.05, 0) is 49.9 Å². The zero-order valence-corrected chi connectivity index (χ0v) is 13.6. The summed E-state index contributed by atoms with van der Waals surface area (Å²) in [6, 6.07) is 5.25. The molecule has 1 aromatic carbocycles. The Morgan fingerprint density at radius 1 is 1.32 bits per heavy atom. The Kier molecular flexibility index (Phi) is 5.42. The highest BCUT2D eigenvalue weighted by atomic mass is 35.5. The van der Waals surface area contributed by atoms with Crippen LogP contribution in [0.1, 0.15) is 24.8 Å². The van der Waals surface area contributed by atoms with Crippen LogP contribution in [0.25, 0.3) is 0 Å². The average Bonchev–Trinajstić information content (AvgIpc) is 3.28. The Morgan fingerprint density at radius 2 is 2.05 bits per heavy atom. The molecular formula is C16H21ClN2O3. The van der Waals surface area contributed by atoms with Gasteiger partial charge in [0.05, 0.1) is 0 Å². The fraction of sp³-hybridized carbons (Fsp3) is 0.500. The minimum atomic E-state index is -0.918. The van der Waals surface area contributed by atoms with Crippen LogP contribution in [0.15, 0.2) is 18.2 Å². The summed E-state index contributed by atoms with van der Waals surface area (Å²) in [5, 5.41) is 6.27. The molecule has 0 radical (unpaired) electrons. The number of rotatable bonds is 7. The number of halogens is 1. The van der Waals surface area contributed by atoms with E-state index in [1.165, 1.54) is 0 Å². The van der Waals surface area contributed by atoms with Gasteiger partial charge in [0.25, 0.3) is 0 Å². The summed E-state index contributed by atoms with van der Waals surface area (Å²) in [7, 11) is 1.62. The second-order valence-electron chi connectivity index (χ2n) is 5.60. The van der Waals surface area contributed by atoms with Crippen molar-refractivity contribution in [3.8, 4) is 0 Å². The number of methoxy groups -OCH3 is 1. The summed E-state index contributed by atoms with van der Waals surface area (Å²) < 4.78 is 4.93. The van der Waals surface area contributed by atoms with Gasteiger partial charge in [-0.2, -0.15) is 0 Å². The maximum atomic E-state index is 12.4. The molecule has 0 atom stereocenters. The molecule has 5 nitrogen and oxygen atoms in total. The van der Waals surface area contributed by atoms with Crippen molar-refractivity contribution in [1.29, 1.82) is 0 Å². The van der Waals surface area contributed by atoms with Crippen molar-refractivity contribution >= 4 is 29.1 Å². The van der Waals surface area contributed by atoms with Crippen LogP contribution in [0.3, 0.4) is 0 Å². The van der Waals surface area contributed by atoms with Crippen LogP contribution in [0.5, 0.6) is 0 Å². The van der Waals surface area contributed by atoms with Gasteiger partial charge in [0, 0.05) is 31.0 Å². The molecule has 2 rings (SSSR count). The fourth-order valence-electron chi connectivity index (χ4n) is 2.28. The second kappa shape index (κ2) is 7.11. The first-order valence-electron chi connectivity index (χ1n) is 7.34. The van der Waals surface area contributed by atoms with E-state index >= 15 is 0 Å². The quantitative estimate of drug-likeness (QED) is 0.598. The molecule has 0 aromatic heterocycles. The largest absolute Gasteiger partial charge is 0.385 e. The zero-order chi connectivity index (χ0) is 16.2. The molecule has 22 heavy (non-hydrogen) atoms. The van der Waals surface area contributed by atoms with Gasteiger partial charge in [-0.3, -0.25) is 9.59 Å². The van der Waals surface area contributed by atoms with Crippen molar-refractivity contribution in [2.75, 3.05) is 25.6 Å². The summed E-state index contributed by atoms with van der Waals surface area (Å²) in [6.45, 7) is 2.97. The van der Waals surface area contributed by atoms with Gasteiger partial charge in [-0.15, -0.1) is 0 Å². The molecule has 0 bridgehead atoms. The van der Waals surface area contributed by atoms with E-state index in [1.807, 2.05) is 6.92 Å². The molecule has 1 aromatic rings. The zero-order valence-electron chi connectivity index (χ0n) is 12.9. The number of ether oxygens (including phenoxy) is 1. The Bertz CT molecular complexity index is 571. The number of amides is 2. The smallest absolute Gasteiger partial charge is 0.240 e. The van der Waals surface area contributed by atoms with Crippen LogP contribution in [-0.2, 0) is 14.3 Å². The van der Waals surface area contributed by atoms with Crippen LogP contribution < -0.4 is 10.6 Å². The van der Waals surface area contributed by atoms with E-state index in [4.69, 9.17) is 16.3 Å². The highest BCUT2D eigenvalue weighted by Gasteiger charge is 2.56. The lowest BCUT2D eigenvalue weighted by atomic mass is 10.0. The number of carbonyl (C=O) groups excluding carboxylic acids is 2. The maximum Gasteiger partial charge on any atom is 0.240 e. The minimum Gasteiger partial charge on any atom is -0.385 e. The fourth-order valence-corrected chi connectivity index (χ4v) is 2.51. The van der Waals surface area contributed by atoms with E-state index in [-0.39, 0.29) is 11.8 Å². The topological polar surface area (TPSA) is 67.4 Å². The molecule has 120 valence electrons. The lowest BCUT2D eigenvalue weighted by Crippen LogP contribution is -2.40. The number of hydrogen-bond donors (Lipinski definition) is 2. The number of anilines is 1. The summed E-state index contributed by atoms with van der Waals surface area (Å²) in [5.41, 5.74) is 0.643. The first-order valence-corrected chi connectivity index (χ1v) is 7.72. The maximum absolute atomic E-state index is 12.4. The monoisotopic (exact) mass is 324 g/mol. The molecule has 1 fully saturated rings. The molecule has 6 heteroatoms. The summed E-state index contributed by atoms with van der Waals surface area (Å²) in [6.07, 6.45) is 1.90. The minimum absolute atomic E-state index is 0.201. The first-order chi connectivity index (χ1) is 10.5. The normalized spacial score (nSPS) is 15.2. The molecule has 0 unspecified atom stereocenters. The van der Waals surface area contributed by atoms with E-state index in [0.717, 1.165) is 12.0 Å². The van der Waals surface area contributed by atoms with Crippen molar-refractivity contribution in [3.05, 3.63) is 28.8 Å². The Morgan fingerprint density at radius 3 is 2.64 bits per heavy atom. The number of nitrogens with one attached hydrogen (secondary N) is 2. The Labute approximate surface area is 135 Å². The molecule has 0 aliphatic heterocycles. The number of hydrogen-bond acceptors (Lipinski definition) is 3. The summed E-state index contributed by atoms with van der Waals surface area (Å²) >= 11 is 5.90. The third-order valence-corrected chi connectivity index (χ3v) is 4.10. The van der Waals surface area contributed by atoms with E-state index in [9.17, 15) is 9.59 Å². The number of aryl methyl sites for hydroxylation is 1. The molecule has 0 heterocycles. The molecule has 2 N–H and O–H groups in total. The van der Waals surface area contributed by atoms with Crippen molar-refractivity contribution in [1.82, 2.24) is 5.32 Å².